The van der Waals surface area contributed by atoms with Gasteiger partial charge in [0.2, 0.25) is 0 Å². The first-order valence-corrected chi connectivity index (χ1v) is 14.2. The third-order valence-electron chi connectivity index (χ3n) is 5.33. The van der Waals surface area contributed by atoms with E-state index in [1.54, 1.807) is 6.21 Å². The van der Waals surface area contributed by atoms with Crippen LogP contribution >= 0.6 is 39.0 Å². The zero-order chi connectivity index (χ0) is 26.3. The number of nitrogens with zero attached hydrogens (tertiary/aromatic N) is 3. The maximum Gasteiger partial charge on any atom is 0.250 e. The number of benzene rings is 3. The van der Waals surface area contributed by atoms with Crippen molar-refractivity contribution in [1.29, 1.82) is 0 Å². The summed E-state index contributed by atoms with van der Waals surface area (Å²) in [6.07, 6.45) is 1.59. The van der Waals surface area contributed by atoms with E-state index in [2.05, 4.69) is 81.7 Å². The van der Waals surface area contributed by atoms with E-state index in [0.29, 0.717) is 12.4 Å². The van der Waals surface area contributed by atoms with Gasteiger partial charge in [-0.1, -0.05) is 114 Å². The Balaban J connectivity index is 1.30. The molecule has 9 heteroatoms. The van der Waals surface area contributed by atoms with Gasteiger partial charge < -0.3 is 4.74 Å². The highest BCUT2D eigenvalue weighted by atomic mass is 79.9. The predicted octanol–water partition coefficient (Wildman–Crippen LogP) is 7.09. The molecule has 1 aromatic heterocycles. The van der Waals surface area contributed by atoms with Gasteiger partial charge in [0.15, 0.2) is 4.34 Å². The molecule has 0 aliphatic carbocycles. The normalized spacial score (nSPS) is 11.6. The third kappa shape index (κ3) is 7.99. The molecule has 0 saturated heterocycles. The van der Waals surface area contributed by atoms with Crippen LogP contribution in [0.5, 0.6) is 5.75 Å². The maximum absolute atomic E-state index is 12.3. The van der Waals surface area contributed by atoms with E-state index in [4.69, 9.17) is 4.74 Å². The third-order valence-corrected chi connectivity index (χ3v) is 7.93. The standard InChI is InChI=1S/C28H27BrN4O2S2/c1-28(2,3)22-11-9-19(10-12-22)17-35-24-14-13-23(29)15-21(24)16-30-31-25(34)18-36-27-33-32-26(37-27)20-7-5-4-6-8-20/h4-16H,17-18H2,1-3H3,(H,31,34). The molecule has 0 bridgehead atoms. The highest BCUT2D eigenvalue weighted by molar-refractivity contribution is 9.10. The summed E-state index contributed by atoms with van der Waals surface area (Å²) in [6.45, 7) is 7.02. The number of nitrogens with one attached hydrogen (secondary N) is 1. The molecule has 1 heterocycles. The molecule has 0 fully saturated rings. The number of thioether (sulfide) groups is 1. The van der Waals surface area contributed by atoms with Gasteiger partial charge in [-0.2, -0.15) is 5.10 Å². The van der Waals surface area contributed by atoms with Gasteiger partial charge in [0.05, 0.1) is 12.0 Å². The minimum atomic E-state index is -0.228. The van der Waals surface area contributed by atoms with Crippen LogP contribution in [-0.2, 0) is 16.8 Å². The highest BCUT2D eigenvalue weighted by Crippen LogP contribution is 2.29. The minimum Gasteiger partial charge on any atom is -0.488 e. The smallest absolute Gasteiger partial charge is 0.250 e. The molecule has 0 radical (unpaired) electrons. The molecule has 6 nitrogen and oxygen atoms in total. The second-order valence-electron chi connectivity index (χ2n) is 9.24. The van der Waals surface area contributed by atoms with E-state index in [0.717, 1.165) is 30.5 Å². The van der Waals surface area contributed by atoms with Crippen molar-refractivity contribution < 1.29 is 9.53 Å². The van der Waals surface area contributed by atoms with E-state index in [-0.39, 0.29) is 17.1 Å². The van der Waals surface area contributed by atoms with Crippen LogP contribution in [0.1, 0.15) is 37.5 Å². The van der Waals surface area contributed by atoms with Crippen LogP contribution in [0, 0.1) is 0 Å². The van der Waals surface area contributed by atoms with Crippen LogP contribution in [0.4, 0.5) is 0 Å². The number of rotatable bonds is 9. The van der Waals surface area contributed by atoms with Crippen molar-refractivity contribution in [2.24, 2.45) is 5.10 Å². The van der Waals surface area contributed by atoms with Gasteiger partial charge in [-0.05, 0) is 34.7 Å². The number of carbonyl (C=O) groups is 1. The number of hydrogen-bond acceptors (Lipinski definition) is 7. The van der Waals surface area contributed by atoms with E-state index in [1.165, 1.54) is 28.7 Å². The Morgan fingerprint density at radius 3 is 2.57 bits per heavy atom. The van der Waals surface area contributed by atoms with Crippen LogP contribution in [-0.4, -0.2) is 28.1 Å². The van der Waals surface area contributed by atoms with Gasteiger partial charge in [-0.3, -0.25) is 4.79 Å². The van der Waals surface area contributed by atoms with Gasteiger partial charge >= 0.3 is 0 Å². The molecule has 0 aliphatic heterocycles. The lowest BCUT2D eigenvalue weighted by atomic mass is 9.87. The first kappa shape index (κ1) is 27.0. The zero-order valence-electron chi connectivity index (χ0n) is 20.8. The van der Waals surface area contributed by atoms with Crippen molar-refractivity contribution in [2.75, 3.05) is 5.75 Å². The van der Waals surface area contributed by atoms with Gasteiger partial charge in [0.1, 0.15) is 17.4 Å². The average molecular weight is 596 g/mol. The van der Waals surface area contributed by atoms with E-state index in [1.807, 2.05) is 48.5 Å². The number of halogens is 1. The Labute approximate surface area is 233 Å². The Kier molecular flexibility index (Phi) is 9.13. The van der Waals surface area contributed by atoms with Crippen molar-refractivity contribution in [3.8, 4) is 16.3 Å². The predicted molar refractivity (Wildman–Crippen MR) is 155 cm³/mol. The monoisotopic (exact) mass is 594 g/mol. The lowest BCUT2D eigenvalue weighted by Gasteiger charge is -2.19. The summed E-state index contributed by atoms with van der Waals surface area (Å²) in [4.78, 5) is 12.3. The van der Waals surface area contributed by atoms with Crippen molar-refractivity contribution >= 4 is 51.2 Å². The molecule has 3 aromatic carbocycles. The largest absolute Gasteiger partial charge is 0.488 e. The molecule has 4 aromatic rings. The Hall–Kier alpha value is -3.01. The van der Waals surface area contributed by atoms with E-state index in [9.17, 15) is 4.79 Å². The molecular formula is C28H27BrN4O2S2. The van der Waals surface area contributed by atoms with Crippen molar-refractivity contribution in [1.82, 2.24) is 15.6 Å². The fourth-order valence-electron chi connectivity index (χ4n) is 3.31. The Bertz CT molecular complexity index is 1370. The maximum atomic E-state index is 12.3. The van der Waals surface area contributed by atoms with E-state index >= 15 is 0 Å². The molecular weight excluding hydrogens is 568 g/mol. The molecule has 0 unspecified atom stereocenters. The number of hydrogen-bond donors (Lipinski definition) is 1. The number of ether oxygens (including phenoxy) is 1. The number of hydrazone groups is 1. The summed E-state index contributed by atoms with van der Waals surface area (Å²) >= 11 is 6.28. The second-order valence-corrected chi connectivity index (χ2v) is 12.4. The van der Waals surface area contributed by atoms with Crippen LogP contribution in [0.25, 0.3) is 10.6 Å². The number of amides is 1. The Morgan fingerprint density at radius 2 is 1.84 bits per heavy atom. The summed E-state index contributed by atoms with van der Waals surface area (Å²) < 4.78 is 7.69. The molecule has 190 valence electrons. The average Bonchev–Trinajstić information content (AvgIpc) is 3.36. The molecule has 37 heavy (non-hydrogen) atoms. The molecule has 4 rings (SSSR count). The summed E-state index contributed by atoms with van der Waals surface area (Å²) in [6, 6.07) is 24.0. The molecule has 0 aliphatic rings. The zero-order valence-corrected chi connectivity index (χ0v) is 24.0. The van der Waals surface area contributed by atoms with Crippen molar-refractivity contribution in [3.05, 3.63) is 94.0 Å². The van der Waals surface area contributed by atoms with Gasteiger partial charge in [0, 0.05) is 15.6 Å². The number of carbonyl (C=O) groups excluding carboxylic acids is 1. The SMILES string of the molecule is CC(C)(C)c1ccc(COc2ccc(Br)cc2C=NNC(=O)CSc2nnc(-c3ccccc3)s2)cc1. The second kappa shape index (κ2) is 12.5. The fraction of sp³-hybridized carbons (Fsp3) is 0.214. The summed E-state index contributed by atoms with van der Waals surface area (Å²) in [5.41, 5.74) is 6.81. The fourth-order valence-corrected chi connectivity index (χ4v) is 5.34. The summed E-state index contributed by atoms with van der Waals surface area (Å²) in [5, 5.41) is 13.3. The number of aromatic nitrogens is 2. The highest BCUT2D eigenvalue weighted by Gasteiger charge is 2.13. The molecule has 1 N–H and O–H groups in total. The first-order valence-electron chi connectivity index (χ1n) is 11.6. The molecule has 1 amide bonds. The van der Waals surface area contributed by atoms with Crippen LogP contribution < -0.4 is 10.2 Å². The van der Waals surface area contributed by atoms with Gasteiger partial charge in [-0.15, -0.1) is 10.2 Å². The summed E-state index contributed by atoms with van der Waals surface area (Å²) in [5.74, 6) is 0.638. The van der Waals surface area contributed by atoms with Gasteiger partial charge in [0.25, 0.3) is 5.91 Å². The van der Waals surface area contributed by atoms with Crippen LogP contribution in [0.2, 0.25) is 0 Å². The topological polar surface area (TPSA) is 76.5 Å². The Morgan fingerprint density at radius 1 is 1.08 bits per heavy atom. The van der Waals surface area contributed by atoms with Crippen molar-refractivity contribution in [3.63, 3.8) is 0 Å². The lowest BCUT2D eigenvalue weighted by Crippen LogP contribution is -2.19. The summed E-state index contributed by atoms with van der Waals surface area (Å²) in [7, 11) is 0. The molecule has 0 saturated carbocycles. The molecule has 0 spiro atoms. The minimum absolute atomic E-state index is 0.111. The van der Waals surface area contributed by atoms with E-state index < -0.39 is 0 Å². The quantitative estimate of drug-likeness (QED) is 0.127. The lowest BCUT2D eigenvalue weighted by molar-refractivity contribution is -0.118. The first-order chi connectivity index (χ1) is 17.8. The van der Waals surface area contributed by atoms with Crippen LogP contribution in [0.3, 0.4) is 0 Å². The van der Waals surface area contributed by atoms with Gasteiger partial charge in [-0.25, -0.2) is 5.43 Å². The van der Waals surface area contributed by atoms with Crippen molar-refractivity contribution in [2.45, 2.75) is 37.1 Å². The van der Waals surface area contributed by atoms with Crippen LogP contribution in [0.15, 0.2) is 86.7 Å². The molecule has 0 atom stereocenters.